The van der Waals surface area contributed by atoms with E-state index in [1.54, 1.807) is 18.8 Å². The Bertz CT molecular complexity index is 69.9. The monoisotopic (exact) mass is 80.0 g/mol. The van der Waals surface area contributed by atoms with Crippen LogP contribution in [0.4, 0.5) is 0 Å². The number of allylic oxidation sites excluding steroid dienone is 2. The van der Waals surface area contributed by atoms with E-state index in [0.717, 1.165) is 0 Å². The fourth-order valence-electron chi connectivity index (χ4n) is 0.258. The van der Waals surface area contributed by atoms with Crippen LogP contribution < -0.4 is 0 Å². The minimum Gasteiger partial charge on any atom is -0.489 e. The Kier molecular flexibility index (Phi) is 0.955. The third kappa shape index (κ3) is 0.612. The molecule has 0 amide bonds. The maximum atomic E-state index is 4.62. The van der Waals surface area contributed by atoms with E-state index < -0.39 is 0 Å². The Labute approximate surface area is 36.9 Å². The lowest BCUT2D eigenvalue weighted by Crippen LogP contribution is -1.75. The van der Waals surface area contributed by atoms with E-state index in [1.165, 1.54) is 6.26 Å². The molecule has 0 fully saturated rings. The van der Waals surface area contributed by atoms with Gasteiger partial charge in [0.25, 0.3) is 0 Å². The second kappa shape index (κ2) is 1.65. The highest BCUT2D eigenvalue weighted by Gasteiger charge is 1.77. The molecule has 1 nitrogen and oxygen atoms in total. The molecule has 0 saturated heterocycles. The molecule has 1 aliphatic heterocycles. The first-order valence-corrected chi connectivity index (χ1v) is 1.72. The van der Waals surface area contributed by atoms with Gasteiger partial charge in [-0.3, -0.25) is 0 Å². The van der Waals surface area contributed by atoms with Gasteiger partial charge in [-0.25, -0.2) is 0 Å². The van der Waals surface area contributed by atoms with Crippen LogP contribution in [-0.2, 0) is 4.74 Å². The number of hydrogen-bond donors (Lipinski definition) is 0. The smallest absolute Gasteiger partial charge is 0.157 e. The summed E-state index contributed by atoms with van der Waals surface area (Å²) in [4.78, 5) is 0. The summed E-state index contributed by atoms with van der Waals surface area (Å²) in [5.74, 6) is 0. The molecular formula is C5H4O. The predicted molar refractivity (Wildman–Crippen MR) is 22.3 cm³/mol. The maximum Gasteiger partial charge on any atom is 0.157 e. The summed E-state index contributed by atoms with van der Waals surface area (Å²) in [5.41, 5.74) is 0. The van der Waals surface area contributed by atoms with Crippen molar-refractivity contribution in [3.63, 3.8) is 0 Å². The lowest BCUT2D eigenvalue weighted by molar-refractivity contribution is 0.352. The quantitative estimate of drug-likeness (QED) is 0.422. The van der Waals surface area contributed by atoms with Crippen molar-refractivity contribution in [3.05, 3.63) is 31.1 Å². The van der Waals surface area contributed by atoms with Gasteiger partial charge in [0, 0.05) is 6.08 Å². The highest BCUT2D eigenvalue weighted by Crippen LogP contribution is 1.91. The van der Waals surface area contributed by atoms with Crippen LogP contribution in [0.1, 0.15) is 0 Å². The van der Waals surface area contributed by atoms with Crippen molar-refractivity contribution < 1.29 is 4.74 Å². The predicted octanol–water partition coefficient (Wildman–Crippen LogP) is 1.05. The van der Waals surface area contributed by atoms with Gasteiger partial charge in [-0.1, -0.05) is 6.08 Å². The van der Waals surface area contributed by atoms with E-state index in [-0.39, 0.29) is 0 Å². The molecule has 0 unspecified atom stereocenters. The van der Waals surface area contributed by atoms with Gasteiger partial charge < -0.3 is 4.74 Å². The molecule has 0 aromatic rings. The zero-order valence-electron chi connectivity index (χ0n) is 3.22. The summed E-state index contributed by atoms with van der Waals surface area (Å²) in [6, 6.07) is 0. The summed E-state index contributed by atoms with van der Waals surface area (Å²) >= 11 is 0. The van der Waals surface area contributed by atoms with Gasteiger partial charge in [0.2, 0.25) is 0 Å². The second-order valence-corrected chi connectivity index (χ2v) is 0.916. The van der Waals surface area contributed by atoms with Crippen LogP contribution in [0.15, 0.2) is 18.4 Å². The Morgan fingerprint density at radius 1 is 1.50 bits per heavy atom. The normalized spacial score (nSPS) is 17.3. The Balaban J connectivity index is 2.46. The molecule has 1 rings (SSSR count). The molecule has 30 valence electrons. The Hall–Kier alpha value is -0.720. The van der Waals surface area contributed by atoms with Gasteiger partial charge in [-0.15, -0.1) is 0 Å². The molecule has 1 heteroatoms. The van der Waals surface area contributed by atoms with Crippen molar-refractivity contribution in [1.29, 1.82) is 0 Å². The van der Waals surface area contributed by atoms with E-state index in [2.05, 4.69) is 10.8 Å². The van der Waals surface area contributed by atoms with Crippen LogP contribution >= 0.6 is 0 Å². The SMILES string of the molecule is [C]1=CO[CH]C=C1. The number of ether oxygens (including phenoxy) is 1. The molecule has 0 aromatic carbocycles. The van der Waals surface area contributed by atoms with Gasteiger partial charge in [-0.05, 0) is 6.08 Å². The van der Waals surface area contributed by atoms with E-state index in [0.29, 0.717) is 0 Å². The molecule has 0 saturated carbocycles. The number of rotatable bonds is 0. The van der Waals surface area contributed by atoms with Gasteiger partial charge in [-0.2, -0.15) is 0 Å². The van der Waals surface area contributed by atoms with Gasteiger partial charge in [0.05, 0.1) is 6.26 Å². The standard InChI is InChI=1S/C5H4O/c1-2-4-6-5-3-1/h1-2,4-5H. The summed E-state index contributed by atoms with van der Waals surface area (Å²) in [6.07, 6.45) is 7.78. The summed E-state index contributed by atoms with van der Waals surface area (Å²) in [7, 11) is 0. The van der Waals surface area contributed by atoms with Crippen LogP contribution in [0, 0.1) is 12.7 Å². The van der Waals surface area contributed by atoms with E-state index in [1.807, 2.05) is 0 Å². The molecule has 0 aromatic heterocycles. The zero-order valence-corrected chi connectivity index (χ0v) is 3.22. The molecule has 0 aliphatic carbocycles. The Morgan fingerprint density at radius 3 is 2.67 bits per heavy atom. The minimum atomic E-state index is 1.50. The first-order chi connectivity index (χ1) is 3.00. The van der Waals surface area contributed by atoms with E-state index >= 15 is 0 Å². The fourth-order valence-corrected chi connectivity index (χ4v) is 0.258. The lowest BCUT2D eigenvalue weighted by atomic mass is 10.5. The average molecular weight is 80.1 g/mol. The molecular weight excluding hydrogens is 76.1 g/mol. The lowest BCUT2D eigenvalue weighted by Gasteiger charge is -1.92. The number of hydrogen-bond acceptors (Lipinski definition) is 1. The fraction of sp³-hybridized carbons (Fsp3) is 0. The third-order valence-electron chi connectivity index (χ3n) is 0.486. The van der Waals surface area contributed by atoms with Gasteiger partial charge in [0.1, 0.15) is 0 Å². The average Bonchev–Trinajstić information content (AvgIpc) is 1.72. The van der Waals surface area contributed by atoms with Crippen LogP contribution in [0.2, 0.25) is 0 Å². The molecule has 0 N–H and O–H groups in total. The highest BCUT2D eigenvalue weighted by molar-refractivity contribution is 5.01. The summed E-state index contributed by atoms with van der Waals surface area (Å²) in [6.45, 7) is 1.59. The van der Waals surface area contributed by atoms with Gasteiger partial charge in [0.15, 0.2) is 6.61 Å². The van der Waals surface area contributed by atoms with E-state index in [9.17, 15) is 0 Å². The largest absolute Gasteiger partial charge is 0.489 e. The van der Waals surface area contributed by atoms with E-state index in [4.69, 9.17) is 0 Å². The molecule has 2 radical (unpaired) electrons. The van der Waals surface area contributed by atoms with Crippen LogP contribution in [0.25, 0.3) is 0 Å². The summed E-state index contributed by atoms with van der Waals surface area (Å²) < 4.78 is 4.62. The second-order valence-electron chi connectivity index (χ2n) is 0.916. The van der Waals surface area contributed by atoms with Crippen molar-refractivity contribution in [2.24, 2.45) is 0 Å². The zero-order chi connectivity index (χ0) is 4.24. The topological polar surface area (TPSA) is 9.23 Å². The highest BCUT2D eigenvalue weighted by atomic mass is 16.5. The van der Waals surface area contributed by atoms with Crippen molar-refractivity contribution in [2.45, 2.75) is 0 Å². The maximum absolute atomic E-state index is 4.62. The molecule has 6 heavy (non-hydrogen) atoms. The Morgan fingerprint density at radius 2 is 2.50 bits per heavy atom. The van der Waals surface area contributed by atoms with Crippen molar-refractivity contribution in [2.75, 3.05) is 0 Å². The molecule has 0 bridgehead atoms. The minimum absolute atomic E-state index is 1.50. The van der Waals surface area contributed by atoms with Gasteiger partial charge >= 0.3 is 0 Å². The summed E-state index contributed by atoms with van der Waals surface area (Å²) in [5, 5.41) is 0. The van der Waals surface area contributed by atoms with Crippen molar-refractivity contribution in [1.82, 2.24) is 0 Å². The van der Waals surface area contributed by atoms with Crippen LogP contribution in [-0.4, -0.2) is 0 Å². The van der Waals surface area contributed by atoms with Crippen molar-refractivity contribution in [3.8, 4) is 0 Å². The first-order valence-electron chi connectivity index (χ1n) is 1.72. The molecule has 1 aliphatic rings. The van der Waals surface area contributed by atoms with Crippen molar-refractivity contribution >= 4 is 0 Å². The molecule has 0 atom stereocenters. The third-order valence-corrected chi connectivity index (χ3v) is 0.486. The first kappa shape index (κ1) is 3.47. The molecule has 1 heterocycles. The van der Waals surface area contributed by atoms with Crippen LogP contribution in [0.5, 0.6) is 0 Å². The molecule has 0 spiro atoms. The van der Waals surface area contributed by atoms with Crippen LogP contribution in [0.3, 0.4) is 0 Å².